The first-order valence-corrected chi connectivity index (χ1v) is 6.82. The second kappa shape index (κ2) is 4.78. The van der Waals surface area contributed by atoms with E-state index in [1.807, 2.05) is 18.2 Å². The lowest BCUT2D eigenvalue weighted by molar-refractivity contribution is 0.0738. The number of rotatable bonds is 4. The maximum atomic E-state index is 4.39. The average Bonchev–Trinajstić information content (AvgIpc) is 2.37. The number of hydrogen-bond acceptors (Lipinski definition) is 4. The van der Waals surface area contributed by atoms with E-state index in [9.17, 15) is 0 Å². The van der Waals surface area contributed by atoms with Gasteiger partial charge in [-0.3, -0.25) is 0 Å². The van der Waals surface area contributed by atoms with Crippen LogP contribution >= 0.6 is 0 Å². The van der Waals surface area contributed by atoms with Crippen LogP contribution in [-0.2, 0) is 0 Å². The molecule has 1 aromatic carbocycles. The van der Waals surface area contributed by atoms with Gasteiger partial charge in [-0.2, -0.15) is 0 Å². The standard InChI is InChI=1S/C15H20N4/c1-19(2)15(8-5-9-15)10-16-14-12-6-3-4-7-13(12)17-11-18-14/h3-4,6-7,11H,5,8-10H2,1-2H3,(H,16,17,18). The molecule has 19 heavy (non-hydrogen) atoms. The molecule has 0 saturated heterocycles. The Hall–Kier alpha value is -1.68. The fourth-order valence-corrected chi connectivity index (χ4v) is 2.76. The Morgan fingerprint density at radius 2 is 2.00 bits per heavy atom. The highest BCUT2D eigenvalue weighted by molar-refractivity contribution is 5.88. The van der Waals surface area contributed by atoms with Crippen LogP contribution in [0.15, 0.2) is 30.6 Å². The second-order valence-corrected chi connectivity index (χ2v) is 5.57. The minimum Gasteiger partial charge on any atom is -0.368 e. The Morgan fingerprint density at radius 1 is 1.21 bits per heavy atom. The first kappa shape index (κ1) is 12.4. The fourth-order valence-electron chi connectivity index (χ4n) is 2.76. The fraction of sp³-hybridized carbons (Fsp3) is 0.467. The maximum absolute atomic E-state index is 4.39. The summed E-state index contributed by atoms with van der Waals surface area (Å²) >= 11 is 0. The summed E-state index contributed by atoms with van der Waals surface area (Å²) in [5, 5.41) is 4.61. The summed E-state index contributed by atoms with van der Waals surface area (Å²) in [5.74, 6) is 0.943. The van der Waals surface area contributed by atoms with Crippen LogP contribution in [0.25, 0.3) is 10.9 Å². The molecule has 3 rings (SSSR count). The molecule has 0 bridgehead atoms. The summed E-state index contributed by atoms with van der Waals surface area (Å²) in [4.78, 5) is 11.0. The van der Waals surface area contributed by atoms with E-state index < -0.39 is 0 Å². The molecule has 0 aliphatic heterocycles. The van der Waals surface area contributed by atoms with Crippen LogP contribution in [0.4, 0.5) is 5.82 Å². The average molecular weight is 256 g/mol. The van der Waals surface area contributed by atoms with Crippen LogP contribution in [0.5, 0.6) is 0 Å². The van der Waals surface area contributed by atoms with Crippen LogP contribution in [-0.4, -0.2) is 41.0 Å². The summed E-state index contributed by atoms with van der Waals surface area (Å²) in [6.45, 7) is 0.945. The van der Waals surface area contributed by atoms with Gasteiger partial charge in [0.15, 0.2) is 0 Å². The Bertz CT molecular complexity index is 570. The minimum atomic E-state index is 0.298. The second-order valence-electron chi connectivity index (χ2n) is 5.57. The van der Waals surface area contributed by atoms with Gasteiger partial charge in [0.25, 0.3) is 0 Å². The zero-order valence-corrected chi connectivity index (χ0v) is 11.6. The van der Waals surface area contributed by atoms with Crippen LogP contribution in [0, 0.1) is 0 Å². The number of nitrogens with one attached hydrogen (secondary N) is 1. The van der Waals surface area contributed by atoms with E-state index in [0.29, 0.717) is 5.54 Å². The minimum absolute atomic E-state index is 0.298. The molecule has 4 nitrogen and oxygen atoms in total. The van der Waals surface area contributed by atoms with Gasteiger partial charge in [-0.1, -0.05) is 12.1 Å². The number of likely N-dealkylation sites (N-methyl/N-ethyl adjacent to an activating group) is 1. The van der Waals surface area contributed by atoms with E-state index in [0.717, 1.165) is 23.3 Å². The van der Waals surface area contributed by atoms with Crippen LogP contribution in [0.2, 0.25) is 0 Å². The lowest BCUT2D eigenvalue weighted by Crippen LogP contribution is -2.54. The van der Waals surface area contributed by atoms with Crippen molar-refractivity contribution in [3.8, 4) is 0 Å². The third-order valence-corrected chi connectivity index (χ3v) is 4.36. The molecule has 0 atom stereocenters. The molecule has 0 spiro atoms. The predicted molar refractivity (Wildman–Crippen MR) is 78.3 cm³/mol. The first-order valence-electron chi connectivity index (χ1n) is 6.82. The Kier molecular flexibility index (Phi) is 3.11. The van der Waals surface area contributed by atoms with Crippen molar-refractivity contribution in [2.45, 2.75) is 24.8 Å². The smallest absolute Gasteiger partial charge is 0.137 e. The largest absolute Gasteiger partial charge is 0.368 e. The normalized spacial score (nSPS) is 17.4. The topological polar surface area (TPSA) is 41.0 Å². The number of aromatic nitrogens is 2. The van der Waals surface area contributed by atoms with Gasteiger partial charge in [-0.25, -0.2) is 9.97 Å². The van der Waals surface area contributed by atoms with E-state index in [-0.39, 0.29) is 0 Å². The van der Waals surface area contributed by atoms with Crippen molar-refractivity contribution in [3.63, 3.8) is 0 Å². The van der Waals surface area contributed by atoms with Gasteiger partial charge in [0.05, 0.1) is 5.52 Å². The van der Waals surface area contributed by atoms with Crippen molar-refractivity contribution in [1.29, 1.82) is 0 Å². The Morgan fingerprint density at radius 3 is 2.68 bits per heavy atom. The van der Waals surface area contributed by atoms with Gasteiger partial charge >= 0.3 is 0 Å². The molecule has 1 fully saturated rings. The van der Waals surface area contributed by atoms with Crippen molar-refractivity contribution < 1.29 is 0 Å². The van der Waals surface area contributed by atoms with Crippen molar-refractivity contribution in [1.82, 2.24) is 14.9 Å². The highest BCUT2D eigenvalue weighted by atomic mass is 15.2. The van der Waals surface area contributed by atoms with Gasteiger partial charge in [0.2, 0.25) is 0 Å². The van der Waals surface area contributed by atoms with Gasteiger partial charge in [-0.05, 0) is 45.5 Å². The van der Waals surface area contributed by atoms with Gasteiger partial charge in [0, 0.05) is 17.5 Å². The molecule has 0 radical (unpaired) electrons. The highest BCUT2D eigenvalue weighted by Gasteiger charge is 2.38. The number of anilines is 1. The summed E-state index contributed by atoms with van der Waals surface area (Å²) in [5.41, 5.74) is 1.29. The maximum Gasteiger partial charge on any atom is 0.137 e. The van der Waals surface area contributed by atoms with E-state index in [1.165, 1.54) is 19.3 Å². The zero-order chi connectivity index (χ0) is 13.3. The van der Waals surface area contributed by atoms with Gasteiger partial charge in [-0.15, -0.1) is 0 Å². The molecule has 0 unspecified atom stereocenters. The van der Waals surface area contributed by atoms with Crippen molar-refractivity contribution in [2.24, 2.45) is 0 Å². The molecule has 0 amide bonds. The van der Waals surface area contributed by atoms with Crippen molar-refractivity contribution >= 4 is 16.7 Å². The molecule has 1 N–H and O–H groups in total. The number of fused-ring (bicyclic) bond motifs is 1. The van der Waals surface area contributed by atoms with E-state index in [1.54, 1.807) is 6.33 Å². The quantitative estimate of drug-likeness (QED) is 0.912. The molecular weight excluding hydrogens is 236 g/mol. The van der Waals surface area contributed by atoms with Crippen LogP contribution in [0.1, 0.15) is 19.3 Å². The Balaban J connectivity index is 1.82. The monoisotopic (exact) mass is 256 g/mol. The molecule has 4 heteroatoms. The predicted octanol–water partition coefficient (Wildman–Crippen LogP) is 2.53. The summed E-state index contributed by atoms with van der Waals surface area (Å²) in [6.07, 6.45) is 5.48. The van der Waals surface area contributed by atoms with Crippen molar-refractivity contribution in [2.75, 3.05) is 26.0 Å². The van der Waals surface area contributed by atoms with Gasteiger partial charge in [0.1, 0.15) is 12.1 Å². The van der Waals surface area contributed by atoms with Crippen LogP contribution in [0.3, 0.4) is 0 Å². The number of para-hydroxylation sites is 1. The third-order valence-electron chi connectivity index (χ3n) is 4.36. The molecule has 1 aliphatic carbocycles. The molecule has 1 aromatic heterocycles. The molecule has 1 saturated carbocycles. The molecule has 2 aromatic rings. The van der Waals surface area contributed by atoms with E-state index in [2.05, 4.69) is 40.3 Å². The molecule has 1 aliphatic rings. The van der Waals surface area contributed by atoms with Crippen molar-refractivity contribution in [3.05, 3.63) is 30.6 Å². The van der Waals surface area contributed by atoms with Gasteiger partial charge < -0.3 is 10.2 Å². The number of benzene rings is 1. The third kappa shape index (κ3) is 2.16. The lowest BCUT2D eigenvalue weighted by atomic mass is 9.75. The highest BCUT2D eigenvalue weighted by Crippen LogP contribution is 2.36. The van der Waals surface area contributed by atoms with E-state index in [4.69, 9.17) is 0 Å². The first-order chi connectivity index (χ1) is 9.21. The summed E-state index contributed by atoms with van der Waals surface area (Å²) in [6, 6.07) is 8.13. The van der Waals surface area contributed by atoms with E-state index >= 15 is 0 Å². The Labute approximate surface area is 113 Å². The molecule has 100 valence electrons. The molecular formula is C15H20N4. The molecule has 1 heterocycles. The summed E-state index contributed by atoms with van der Waals surface area (Å²) in [7, 11) is 4.33. The lowest BCUT2D eigenvalue weighted by Gasteiger charge is -2.47. The summed E-state index contributed by atoms with van der Waals surface area (Å²) < 4.78 is 0. The number of nitrogens with zero attached hydrogens (tertiary/aromatic N) is 3. The van der Waals surface area contributed by atoms with Crippen LogP contribution < -0.4 is 5.32 Å². The SMILES string of the molecule is CN(C)C1(CNc2ncnc3ccccc23)CCC1. The number of hydrogen-bond donors (Lipinski definition) is 1. The zero-order valence-electron chi connectivity index (χ0n) is 11.6.